The second-order valence-corrected chi connectivity index (χ2v) is 25.6. The molecule has 0 radical (unpaired) electrons. The molecule has 0 saturated carbocycles. The Morgan fingerprint density at radius 1 is 0.792 bits per heavy atom. The molecule has 0 rings (SSSR count). The molecule has 8 heteroatoms. The van der Waals surface area contributed by atoms with Gasteiger partial charge in [0.25, 0.3) is 0 Å². The fourth-order valence-electron chi connectivity index (χ4n) is 2.83. The molecule has 0 bridgehead atoms. The van der Waals surface area contributed by atoms with Gasteiger partial charge in [0.05, 0.1) is 0 Å². The van der Waals surface area contributed by atoms with Gasteiger partial charge in [-0.05, 0) is 84.7 Å². The predicted molar refractivity (Wildman–Crippen MR) is 117 cm³/mol. The predicted octanol–water partition coefficient (Wildman–Crippen LogP) is 5.74. The van der Waals surface area contributed by atoms with Crippen LogP contribution in [-0.4, -0.2) is 46.0 Å². The quantitative estimate of drug-likeness (QED) is 0.249. The van der Waals surface area contributed by atoms with E-state index in [0.717, 1.165) is 25.4 Å². The van der Waals surface area contributed by atoms with Crippen LogP contribution in [0.2, 0.25) is 65.0 Å². The van der Waals surface area contributed by atoms with Crippen molar-refractivity contribution in [2.24, 2.45) is 4.99 Å². The molecule has 0 aromatic heterocycles. The summed E-state index contributed by atoms with van der Waals surface area (Å²) in [5.74, 6) is 0. The van der Waals surface area contributed by atoms with Crippen LogP contribution in [0.3, 0.4) is 0 Å². The van der Waals surface area contributed by atoms with E-state index in [1.165, 1.54) is 5.71 Å². The molecule has 0 aliphatic rings. The summed E-state index contributed by atoms with van der Waals surface area (Å²) in [4.78, 5) is 4.62. The molecule has 0 aliphatic heterocycles. The lowest BCUT2D eigenvalue weighted by Crippen LogP contribution is -2.56. The Labute approximate surface area is 155 Å². The second kappa shape index (κ2) is 9.38. The van der Waals surface area contributed by atoms with E-state index in [1.54, 1.807) is 0 Å². The molecule has 0 heterocycles. The summed E-state index contributed by atoms with van der Waals surface area (Å²) in [7, 11) is -7.71. The van der Waals surface area contributed by atoms with Crippen LogP contribution in [-0.2, 0) is 12.3 Å². The van der Waals surface area contributed by atoms with Gasteiger partial charge in [0.2, 0.25) is 0 Å². The Bertz CT molecular complexity index is 417. The van der Waals surface area contributed by atoms with Gasteiger partial charge in [-0.3, -0.25) is 4.99 Å². The highest BCUT2D eigenvalue weighted by Crippen LogP contribution is 2.27. The van der Waals surface area contributed by atoms with Gasteiger partial charge < -0.3 is 12.3 Å². The Balaban J connectivity index is 5.01. The van der Waals surface area contributed by atoms with E-state index < -0.39 is 33.8 Å². The van der Waals surface area contributed by atoms with Crippen LogP contribution in [0.5, 0.6) is 0 Å². The van der Waals surface area contributed by atoms with Crippen molar-refractivity contribution in [1.29, 1.82) is 0 Å². The minimum absolute atomic E-state index is 0.873. The molecule has 4 nitrogen and oxygen atoms in total. The SMILES string of the molecule is CC/C(C)=N/CCC[Si](C)(O[Si](C)(C)C)O[Si](C)(C)O[Si](C)(C)C. The van der Waals surface area contributed by atoms with Crippen LogP contribution >= 0.6 is 0 Å². The zero-order valence-corrected chi connectivity index (χ0v) is 22.0. The van der Waals surface area contributed by atoms with E-state index in [4.69, 9.17) is 12.3 Å². The third kappa shape index (κ3) is 12.7. The van der Waals surface area contributed by atoms with Crippen LogP contribution in [0.4, 0.5) is 0 Å². The topological polar surface area (TPSA) is 40.0 Å². The van der Waals surface area contributed by atoms with E-state index >= 15 is 0 Å². The van der Waals surface area contributed by atoms with E-state index in [0.29, 0.717) is 0 Å². The van der Waals surface area contributed by atoms with Gasteiger partial charge in [-0.25, -0.2) is 0 Å². The van der Waals surface area contributed by atoms with Gasteiger partial charge >= 0.3 is 17.1 Å². The molecule has 0 saturated heterocycles. The number of aliphatic imine (C=N–C) groups is 1. The molecule has 0 aromatic carbocycles. The molecule has 0 amide bonds. The lowest BCUT2D eigenvalue weighted by Gasteiger charge is -2.41. The summed E-state index contributed by atoms with van der Waals surface area (Å²) in [6.45, 7) is 25.1. The number of hydrogen-bond donors (Lipinski definition) is 0. The van der Waals surface area contributed by atoms with Gasteiger partial charge in [-0.1, -0.05) is 6.92 Å². The first-order valence-corrected chi connectivity index (χ1v) is 21.3. The Morgan fingerprint density at radius 2 is 1.29 bits per heavy atom. The maximum absolute atomic E-state index is 6.67. The molecule has 144 valence electrons. The van der Waals surface area contributed by atoms with Crippen molar-refractivity contribution in [1.82, 2.24) is 0 Å². The molecular weight excluding hydrogens is 367 g/mol. The molecule has 0 aromatic rings. The van der Waals surface area contributed by atoms with Gasteiger partial charge in [-0.2, -0.15) is 0 Å². The number of rotatable bonds is 11. The molecule has 0 spiro atoms. The highest BCUT2D eigenvalue weighted by Gasteiger charge is 2.44. The van der Waals surface area contributed by atoms with Gasteiger partial charge in [0, 0.05) is 12.3 Å². The van der Waals surface area contributed by atoms with Crippen molar-refractivity contribution in [3.05, 3.63) is 0 Å². The summed E-state index contributed by atoms with van der Waals surface area (Å²) < 4.78 is 19.6. The van der Waals surface area contributed by atoms with Gasteiger partial charge in [0.1, 0.15) is 0 Å². The first-order chi connectivity index (χ1) is 10.6. The van der Waals surface area contributed by atoms with Crippen LogP contribution in [0.25, 0.3) is 0 Å². The molecule has 0 fully saturated rings. The van der Waals surface area contributed by atoms with Crippen LogP contribution in [0, 0.1) is 0 Å². The zero-order chi connectivity index (χ0) is 19.2. The van der Waals surface area contributed by atoms with E-state index in [-0.39, 0.29) is 0 Å². The molecule has 1 atom stereocenters. The van der Waals surface area contributed by atoms with Crippen molar-refractivity contribution in [2.75, 3.05) is 6.54 Å². The van der Waals surface area contributed by atoms with Gasteiger partial charge in [-0.15, -0.1) is 0 Å². The number of nitrogens with zero attached hydrogens (tertiary/aromatic N) is 1. The number of hydrogen-bond acceptors (Lipinski definition) is 4. The first kappa shape index (κ1) is 24.4. The maximum Gasteiger partial charge on any atom is 0.315 e. The zero-order valence-electron chi connectivity index (χ0n) is 18.0. The van der Waals surface area contributed by atoms with E-state index in [2.05, 4.69) is 77.8 Å². The smallest absolute Gasteiger partial charge is 0.315 e. The summed E-state index contributed by atoms with van der Waals surface area (Å²) in [5, 5.41) is 0. The summed E-state index contributed by atoms with van der Waals surface area (Å²) in [6, 6.07) is 0.989. The fraction of sp³-hybridized carbons (Fsp3) is 0.938. The molecule has 0 N–H and O–H groups in total. The van der Waals surface area contributed by atoms with Crippen LogP contribution < -0.4 is 0 Å². The van der Waals surface area contributed by atoms with Crippen molar-refractivity contribution in [3.8, 4) is 0 Å². The van der Waals surface area contributed by atoms with Crippen molar-refractivity contribution >= 4 is 39.5 Å². The van der Waals surface area contributed by atoms with E-state index in [9.17, 15) is 0 Å². The Morgan fingerprint density at radius 3 is 1.71 bits per heavy atom. The summed E-state index contributed by atoms with van der Waals surface area (Å²) in [5.41, 5.74) is 1.22. The van der Waals surface area contributed by atoms with Crippen molar-refractivity contribution in [3.63, 3.8) is 0 Å². The van der Waals surface area contributed by atoms with Crippen LogP contribution in [0.1, 0.15) is 26.7 Å². The minimum Gasteiger partial charge on any atom is -0.437 e. The molecule has 1 unspecified atom stereocenters. The average molecular weight is 408 g/mol. The largest absolute Gasteiger partial charge is 0.437 e. The summed E-state index contributed by atoms with van der Waals surface area (Å²) >= 11 is 0. The lowest BCUT2D eigenvalue weighted by molar-refractivity contribution is 0.323. The minimum atomic E-state index is -2.25. The standard InChI is InChI=1S/C16H41NO3Si4/c1-12-16(2)17-14-13-15-24(11,19-22(6,7)8)20-23(9,10)18-21(3,4)5/h12-15H2,1-11H3/b17-16+. The highest BCUT2D eigenvalue weighted by atomic mass is 28.5. The highest BCUT2D eigenvalue weighted by molar-refractivity contribution is 6.89. The summed E-state index contributed by atoms with van der Waals surface area (Å²) in [6.07, 6.45) is 2.06. The molecule has 24 heavy (non-hydrogen) atoms. The molecule has 0 aliphatic carbocycles. The van der Waals surface area contributed by atoms with Crippen molar-refractivity contribution in [2.45, 2.75) is 91.7 Å². The third-order valence-electron chi connectivity index (χ3n) is 3.22. The maximum atomic E-state index is 6.67. The first-order valence-electron chi connectivity index (χ1n) is 9.18. The normalized spacial score (nSPS) is 17.0. The van der Waals surface area contributed by atoms with Gasteiger partial charge in [0.15, 0.2) is 16.6 Å². The van der Waals surface area contributed by atoms with Crippen LogP contribution in [0.15, 0.2) is 4.99 Å². The lowest BCUT2D eigenvalue weighted by atomic mass is 10.3. The monoisotopic (exact) mass is 407 g/mol. The Kier molecular flexibility index (Phi) is 9.54. The Hall–Kier alpha value is 0.418. The van der Waals surface area contributed by atoms with E-state index in [1.807, 2.05) is 0 Å². The average Bonchev–Trinajstić information content (AvgIpc) is 2.27. The third-order valence-corrected chi connectivity index (χ3v) is 16.8. The fourth-order valence-corrected chi connectivity index (χ4v) is 20.8. The second-order valence-electron chi connectivity index (χ2n) is 9.14. The molecular formula is C16H41NO3Si4. The van der Waals surface area contributed by atoms with Crippen molar-refractivity contribution < 1.29 is 12.3 Å².